The van der Waals surface area contributed by atoms with Crippen LogP contribution in [-0.2, 0) is 9.53 Å². The van der Waals surface area contributed by atoms with Crippen LogP contribution in [0.1, 0.15) is 16.8 Å². The van der Waals surface area contributed by atoms with E-state index in [2.05, 4.69) is 5.32 Å². The summed E-state index contributed by atoms with van der Waals surface area (Å²) in [4.78, 5) is 23.1. The Morgan fingerprint density at radius 3 is 2.47 bits per heavy atom. The molecule has 3 N–H and O–H groups in total. The molecule has 0 bridgehead atoms. The zero-order valence-corrected chi connectivity index (χ0v) is 11.4. The number of halogens is 2. The predicted molar refractivity (Wildman–Crippen MR) is 71.3 cm³/mol. The van der Waals surface area contributed by atoms with Gasteiger partial charge in [-0.15, -0.1) is 0 Å². The maximum absolute atomic E-state index is 12.1. The maximum atomic E-state index is 12.1. The number of amides is 2. The van der Waals surface area contributed by atoms with Crippen molar-refractivity contribution in [3.8, 4) is 0 Å². The molecule has 1 fully saturated rings. The maximum Gasteiger partial charge on any atom is 0.251 e. The molecule has 2 amide bonds. The molecule has 1 saturated heterocycles. The van der Waals surface area contributed by atoms with E-state index < -0.39 is 11.4 Å². The van der Waals surface area contributed by atoms with Gasteiger partial charge in [-0.25, -0.2) is 0 Å². The van der Waals surface area contributed by atoms with E-state index in [0.717, 1.165) is 0 Å². The second-order valence-corrected chi connectivity index (χ2v) is 5.31. The van der Waals surface area contributed by atoms with Crippen molar-refractivity contribution in [3.63, 3.8) is 0 Å². The number of nitrogens with two attached hydrogens (primary N) is 1. The highest BCUT2D eigenvalue weighted by Crippen LogP contribution is 2.25. The van der Waals surface area contributed by atoms with Gasteiger partial charge in [-0.1, -0.05) is 23.2 Å². The van der Waals surface area contributed by atoms with E-state index in [1.165, 1.54) is 12.1 Å². The van der Waals surface area contributed by atoms with E-state index in [9.17, 15) is 9.59 Å². The number of hydrogen-bond donors (Lipinski definition) is 2. The van der Waals surface area contributed by atoms with Crippen LogP contribution in [0.25, 0.3) is 0 Å². The first-order valence-electron chi connectivity index (χ1n) is 5.55. The van der Waals surface area contributed by atoms with Crippen molar-refractivity contribution in [2.75, 3.05) is 13.2 Å². The van der Waals surface area contributed by atoms with Gasteiger partial charge < -0.3 is 15.8 Å². The van der Waals surface area contributed by atoms with Gasteiger partial charge in [0.1, 0.15) is 0 Å². The van der Waals surface area contributed by atoms with Gasteiger partial charge in [0.15, 0.2) is 0 Å². The van der Waals surface area contributed by atoms with Crippen molar-refractivity contribution in [2.45, 2.75) is 12.0 Å². The van der Waals surface area contributed by atoms with Crippen LogP contribution in [0.2, 0.25) is 10.0 Å². The second kappa shape index (κ2) is 5.36. The molecule has 1 aromatic rings. The van der Waals surface area contributed by atoms with Gasteiger partial charge in [-0.3, -0.25) is 9.59 Å². The minimum atomic E-state index is -0.713. The number of carbonyl (C=O) groups is 2. The number of nitrogens with one attached hydrogen (secondary N) is 1. The van der Waals surface area contributed by atoms with E-state index in [1.54, 1.807) is 6.07 Å². The molecule has 0 spiro atoms. The number of hydrogen-bond acceptors (Lipinski definition) is 3. The van der Waals surface area contributed by atoms with E-state index in [4.69, 9.17) is 33.7 Å². The van der Waals surface area contributed by atoms with Crippen molar-refractivity contribution >= 4 is 35.0 Å². The Kier molecular flexibility index (Phi) is 3.99. The lowest BCUT2D eigenvalue weighted by Gasteiger charge is -2.41. The Labute approximate surface area is 120 Å². The summed E-state index contributed by atoms with van der Waals surface area (Å²) in [5.41, 5.74) is 4.81. The van der Waals surface area contributed by atoms with Crippen LogP contribution >= 0.6 is 23.2 Å². The zero-order valence-electron chi connectivity index (χ0n) is 9.91. The van der Waals surface area contributed by atoms with Gasteiger partial charge in [0.25, 0.3) is 5.91 Å². The molecule has 7 heteroatoms. The largest absolute Gasteiger partial charge is 0.376 e. The molecule has 1 aliphatic heterocycles. The van der Waals surface area contributed by atoms with Gasteiger partial charge in [0.05, 0.1) is 35.2 Å². The monoisotopic (exact) mass is 302 g/mol. The van der Waals surface area contributed by atoms with Crippen molar-refractivity contribution in [3.05, 3.63) is 33.8 Å². The summed E-state index contributed by atoms with van der Waals surface area (Å²) in [6, 6.07) is 4.56. The third-order valence-corrected chi connectivity index (χ3v) is 3.57. The number of carbonyl (C=O) groups excluding carboxylic acids is 2. The van der Waals surface area contributed by atoms with E-state index in [0.29, 0.717) is 15.6 Å². The minimum Gasteiger partial charge on any atom is -0.376 e. The standard InChI is InChI=1S/C12H12Cl2N2O3/c13-8-2-1-7(3-9(8)14)11(18)16-12(4-10(15)17)5-19-6-12/h1-3H,4-6H2,(H2,15,17)(H,16,18). The van der Waals surface area contributed by atoms with Crippen LogP contribution in [0.15, 0.2) is 18.2 Å². The molecule has 0 saturated carbocycles. The Morgan fingerprint density at radius 1 is 1.32 bits per heavy atom. The summed E-state index contributed by atoms with van der Waals surface area (Å²) in [7, 11) is 0. The average molecular weight is 303 g/mol. The molecule has 1 heterocycles. The summed E-state index contributed by atoms with van der Waals surface area (Å²) in [5, 5.41) is 3.42. The third kappa shape index (κ3) is 3.18. The third-order valence-electron chi connectivity index (χ3n) is 2.83. The summed E-state index contributed by atoms with van der Waals surface area (Å²) >= 11 is 11.6. The molecule has 1 aromatic carbocycles. The van der Waals surface area contributed by atoms with Crippen molar-refractivity contribution in [2.24, 2.45) is 5.73 Å². The van der Waals surface area contributed by atoms with Crippen LogP contribution in [0.5, 0.6) is 0 Å². The van der Waals surface area contributed by atoms with Gasteiger partial charge in [0, 0.05) is 5.56 Å². The fraction of sp³-hybridized carbons (Fsp3) is 0.333. The Bertz CT molecular complexity index is 530. The van der Waals surface area contributed by atoms with Crippen LogP contribution < -0.4 is 11.1 Å². The lowest BCUT2D eigenvalue weighted by atomic mass is 9.92. The number of rotatable bonds is 4. The first kappa shape index (κ1) is 14.1. The van der Waals surface area contributed by atoms with Gasteiger partial charge in [-0.2, -0.15) is 0 Å². The molecular formula is C12H12Cl2N2O3. The highest BCUT2D eigenvalue weighted by molar-refractivity contribution is 6.42. The van der Waals surface area contributed by atoms with Crippen molar-refractivity contribution in [1.29, 1.82) is 0 Å². The molecule has 0 aliphatic carbocycles. The fourth-order valence-electron chi connectivity index (χ4n) is 1.85. The molecule has 5 nitrogen and oxygen atoms in total. The molecule has 0 unspecified atom stereocenters. The smallest absolute Gasteiger partial charge is 0.251 e. The molecular weight excluding hydrogens is 291 g/mol. The highest BCUT2D eigenvalue weighted by atomic mass is 35.5. The van der Waals surface area contributed by atoms with Crippen LogP contribution in [-0.4, -0.2) is 30.6 Å². The Morgan fingerprint density at radius 2 is 2.00 bits per heavy atom. The van der Waals surface area contributed by atoms with E-state index >= 15 is 0 Å². The van der Waals surface area contributed by atoms with Crippen LogP contribution in [0.4, 0.5) is 0 Å². The summed E-state index contributed by atoms with van der Waals surface area (Å²) < 4.78 is 5.05. The van der Waals surface area contributed by atoms with Crippen LogP contribution in [0, 0.1) is 0 Å². The Hall–Kier alpha value is -1.30. The molecule has 1 aliphatic rings. The molecule has 0 radical (unpaired) electrons. The van der Waals surface area contributed by atoms with Crippen molar-refractivity contribution in [1.82, 2.24) is 5.32 Å². The minimum absolute atomic E-state index is 0.0417. The SMILES string of the molecule is NC(=O)CC1(NC(=O)c2ccc(Cl)c(Cl)c2)COC1. The number of benzene rings is 1. The molecule has 19 heavy (non-hydrogen) atoms. The van der Waals surface area contributed by atoms with Gasteiger partial charge in [-0.05, 0) is 18.2 Å². The van der Waals surface area contributed by atoms with E-state index in [1.807, 2.05) is 0 Å². The average Bonchev–Trinajstić information content (AvgIpc) is 2.29. The first-order chi connectivity index (χ1) is 8.92. The van der Waals surface area contributed by atoms with E-state index in [-0.39, 0.29) is 25.5 Å². The lowest BCUT2D eigenvalue weighted by Crippen LogP contribution is -2.63. The number of ether oxygens (including phenoxy) is 1. The Balaban J connectivity index is 2.11. The first-order valence-corrected chi connectivity index (χ1v) is 6.31. The second-order valence-electron chi connectivity index (χ2n) is 4.50. The van der Waals surface area contributed by atoms with Gasteiger partial charge in [0.2, 0.25) is 5.91 Å². The molecule has 0 aromatic heterocycles. The summed E-state index contributed by atoms with van der Waals surface area (Å²) in [6.07, 6.45) is 0.0417. The summed E-state index contributed by atoms with van der Waals surface area (Å²) in [5.74, 6) is -0.833. The zero-order chi connectivity index (χ0) is 14.0. The topological polar surface area (TPSA) is 81.4 Å². The van der Waals surface area contributed by atoms with Gasteiger partial charge >= 0.3 is 0 Å². The molecule has 0 atom stereocenters. The summed E-state index contributed by atoms with van der Waals surface area (Å²) in [6.45, 7) is 0.534. The highest BCUT2D eigenvalue weighted by Gasteiger charge is 2.41. The predicted octanol–water partition coefficient (Wildman–Crippen LogP) is 1.37. The van der Waals surface area contributed by atoms with Crippen molar-refractivity contribution < 1.29 is 14.3 Å². The molecule has 2 rings (SSSR count). The fourth-order valence-corrected chi connectivity index (χ4v) is 2.15. The normalized spacial score (nSPS) is 16.5. The number of primary amides is 1. The lowest BCUT2D eigenvalue weighted by molar-refractivity contribution is -0.127. The van der Waals surface area contributed by atoms with Crippen LogP contribution in [0.3, 0.4) is 0 Å². The molecule has 102 valence electrons. The quantitative estimate of drug-likeness (QED) is 0.881.